The minimum Gasteiger partial charge on any atom is -0.322 e. The highest BCUT2D eigenvalue weighted by Crippen LogP contribution is 2.16. The zero-order valence-corrected chi connectivity index (χ0v) is 10.0. The van der Waals surface area contributed by atoms with E-state index >= 15 is 0 Å². The Hall–Kier alpha value is -2.30. The first-order valence-electron chi connectivity index (χ1n) is 5.50. The molecule has 0 heterocycles. The maximum atomic E-state index is 13.4. The van der Waals surface area contributed by atoms with Gasteiger partial charge in [-0.25, -0.2) is 13.2 Å². The van der Waals surface area contributed by atoms with E-state index in [1.165, 1.54) is 12.1 Å². The Bertz CT molecular complexity index is 641. The Morgan fingerprint density at radius 2 is 1.74 bits per heavy atom. The third-order valence-electron chi connectivity index (χ3n) is 2.60. The summed E-state index contributed by atoms with van der Waals surface area (Å²) in [5.41, 5.74) is 0.174. The molecule has 0 fully saturated rings. The summed E-state index contributed by atoms with van der Waals surface area (Å²) in [6, 6.07) is 6.64. The number of hydrogen-bond acceptors (Lipinski definition) is 1. The minimum atomic E-state index is -0.841. The van der Waals surface area contributed by atoms with Gasteiger partial charge in [0.05, 0.1) is 5.56 Å². The molecule has 0 bridgehead atoms. The van der Waals surface area contributed by atoms with Gasteiger partial charge in [-0.1, -0.05) is 6.07 Å². The van der Waals surface area contributed by atoms with Crippen molar-refractivity contribution in [2.45, 2.75) is 6.92 Å². The van der Waals surface area contributed by atoms with Crippen LogP contribution < -0.4 is 5.32 Å². The van der Waals surface area contributed by atoms with E-state index < -0.39 is 28.9 Å². The molecule has 19 heavy (non-hydrogen) atoms. The van der Waals surface area contributed by atoms with Crippen molar-refractivity contribution in [1.29, 1.82) is 0 Å². The number of carbonyl (C=O) groups excluding carboxylic acids is 1. The molecule has 2 aromatic carbocycles. The van der Waals surface area contributed by atoms with E-state index in [1.807, 2.05) is 0 Å². The number of halogens is 3. The smallest absolute Gasteiger partial charge is 0.258 e. The van der Waals surface area contributed by atoms with Crippen LogP contribution in [-0.4, -0.2) is 5.91 Å². The maximum absolute atomic E-state index is 13.4. The van der Waals surface area contributed by atoms with Gasteiger partial charge in [-0.15, -0.1) is 0 Å². The van der Waals surface area contributed by atoms with Crippen molar-refractivity contribution in [1.82, 2.24) is 0 Å². The molecule has 0 unspecified atom stereocenters. The van der Waals surface area contributed by atoms with Crippen LogP contribution in [0.1, 0.15) is 15.9 Å². The van der Waals surface area contributed by atoms with E-state index in [1.54, 1.807) is 6.92 Å². The Kier molecular flexibility index (Phi) is 3.55. The zero-order chi connectivity index (χ0) is 14.0. The summed E-state index contributed by atoms with van der Waals surface area (Å²) >= 11 is 0. The number of aryl methyl sites for hydroxylation is 1. The van der Waals surface area contributed by atoms with Gasteiger partial charge in [0, 0.05) is 5.69 Å². The fourth-order valence-electron chi connectivity index (χ4n) is 1.54. The summed E-state index contributed by atoms with van der Waals surface area (Å²) in [7, 11) is 0. The molecule has 2 aromatic rings. The first-order chi connectivity index (χ1) is 8.97. The van der Waals surface area contributed by atoms with E-state index in [9.17, 15) is 18.0 Å². The van der Waals surface area contributed by atoms with Gasteiger partial charge in [0.2, 0.25) is 0 Å². The van der Waals surface area contributed by atoms with Crippen molar-refractivity contribution in [2.24, 2.45) is 0 Å². The van der Waals surface area contributed by atoms with Crippen molar-refractivity contribution in [3.05, 3.63) is 65.0 Å². The molecule has 1 N–H and O–H groups in total. The summed E-state index contributed by atoms with van der Waals surface area (Å²) in [4.78, 5) is 11.7. The van der Waals surface area contributed by atoms with Gasteiger partial charge in [0.1, 0.15) is 17.5 Å². The lowest BCUT2D eigenvalue weighted by molar-refractivity contribution is 0.102. The van der Waals surface area contributed by atoms with Gasteiger partial charge in [-0.3, -0.25) is 4.79 Å². The van der Waals surface area contributed by atoms with E-state index in [4.69, 9.17) is 0 Å². The fourth-order valence-corrected chi connectivity index (χ4v) is 1.54. The number of carbonyl (C=O) groups is 1. The second kappa shape index (κ2) is 5.14. The van der Waals surface area contributed by atoms with Crippen molar-refractivity contribution in [2.75, 3.05) is 5.32 Å². The van der Waals surface area contributed by atoms with Crippen LogP contribution >= 0.6 is 0 Å². The Balaban J connectivity index is 2.25. The molecular weight excluding hydrogens is 255 g/mol. The molecule has 2 nitrogen and oxygen atoms in total. The van der Waals surface area contributed by atoms with Gasteiger partial charge in [-0.05, 0) is 42.8 Å². The van der Waals surface area contributed by atoms with Crippen LogP contribution in [0.25, 0.3) is 0 Å². The fraction of sp³-hybridized carbons (Fsp3) is 0.0714. The maximum Gasteiger partial charge on any atom is 0.258 e. The standard InChI is InChI=1S/C14H10F3NO/c1-8-2-4-10(7-13(8)17)18-14(19)11-6-9(15)3-5-12(11)16/h2-7H,1H3,(H,18,19). The molecule has 2 rings (SSSR count). The molecule has 0 aliphatic carbocycles. The second-order valence-electron chi connectivity index (χ2n) is 4.04. The molecule has 0 radical (unpaired) electrons. The Morgan fingerprint density at radius 3 is 2.42 bits per heavy atom. The van der Waals surface area contributed by atoms with Crippen LogP contribution in [0.15, 0.2) is 36.4 Å². The number of amides is 1. The highest BCUT2D eigenvalue weighted by molar-refractivity contribution is 6.04. The van der Waals surface area contributed by atoms with Gasteiger partial charge >= 0.3 is 0 Å². The number of anilines is 1. The van der Waals surface area contributed by atoms with Crippen molar-refractivity contribution < 1.29 is 18.0 Å². The minimum absolute atomic E-state index is 0.178. The van der Waals surface area contributed by atoms with E-state index in [2.05, 4.69) is 5.32 Å². The van der Waals surface area contributed by atoms with E-state index in [0.29, 0.717) is 5.56 Å². The van der Waals surface area contributed by atoms with Crippen molar-refractivity contribution in [3.8, 4) is 0 Å². The van der Waals surface area contributed by atoms with E-state index in [0.717, 1.165) is 24.3 Å². The monoisotopic (exact) mass is 265 g/mol. The normalized spacial score (nSPS) is 10.3. The Labute approximate surface area is 107 Å². The average Bonchev–Trinajstić information content (AvgIpc) is 2.36. The van der Waals surface area contributed by atoms with Crippen LogP contribution in [0, 0.1) is 24.4 Å². The third kappa shape index (κ3) is 2.93. The molecule has 98 valence electrons. The van der Waals surface area contributed by atoms with Crippen LogP contribution in [0.4, 0.5) is 18.9 Å². The molecule has 0 aromatic heterocycles. The van der Waals surface area contributed by atoms with Gasteiger partial charge in [-0.2, -0.15) is 0 Å². The predicted molar refractivity (Wildman–Crippen MR) is 65.4 cm³/mol. The Morgan fingerprint density at radius 1 is 1.00 bits per heavy atom. The lowest BCUT2D eigenvalue weighted by atomic mass is 10.1. The molecule has 0 aliphatic rings. The zero-order valence-electron chi connectivity index (χ0n) is 10.0. The lowest BCUT2D eigenvalue weighted by Crippen LogP contribution is -2.14. The molecule has 0 aliphatic heterocycles. The van der Waals surface area contributed by atoms with Gasteiger partial charge in [0.25, 0.3) is 5.91 Å². The molecule has 0 saturated heterocycles. The second-order valence-corrected chi connectivity index (χ2v) is 4.04. The average molecular weight is 265 g/mol. The molecule has 0 atom stereocenters. The summed E-state index contributed by atoms with van der Waals surface area (Å²) in [5.74, 6) is -2.88. The first-order valence-corrected chi connectivity index (χ1v) is 5.50. The summed E-state index contributed by atoms with van der Waals surface area (Å²) < 4.78 is 39.6. The summed E-state index contributed by atoms with van der Waals surface area (Å²) in [5, 5.41) is 2.31. The largest absolute Gasteiger partial charge is 0.322 e. The molecule has 0 spiro atoms. The van der Waals surface area contributed by atoms with Crippen LogP contribution in [-0.2, 0) is 0 Å². The van der Waals surface area contributed by atoms with Crippen LogP contribution in [0.3, 0.4) is 0 Å². The van der Waals surface area contributed by atoms with Crippen LogP contribution in [0.5, 0.6) is 0 Å². The molecule has 1 amide bonds. The molecule has 5 heteroatoms. The molecule has 0 saturated carbocycles. The van der Waals surface area contributed by atoms with Crippen LogP contribution in [0.2, 0.25) is 0 Å². The SMILES string of the molecule is Cc1ccc(NC(=O)c2cc(F)ccc2F)cc1F. The van der Waals surface area contributed by atoms with E-state index in [-0.39, 0.29) is 5.69 Å². The first kappa shape index (κ1) is 13.1. The number of hydrogen-bond donors (Lipinski definition) is 1. The number of rotatable bonds is 2. The number of benzene rings is 2. The third-order valence-corrected chi connectivity index (χ3v) is 2.60. The lowest BCUT2D eigenvalue weighted by Gasteiger charge is -2.07. The van der Waals surface area contributed by atoms with Gasteiger partial charge < -0.3 is 5.32 Å². The highest BCUT2D eigenvalue weighted by Gasteiger charge is 2.13. The van der Waals surface area contributed by atoms with Crippen molar-refractivity contribution >= 4 is 11.6 Å². The summed E-state index contributed by atoms with van der Waals surface area (Å²) in [6.45, 7) is 1.58. The quantitative estimate of drug-likeness (QED) is 0.882. The topological polar surface area (TPSA) is 29.1 Å². The summed E-state index contributed by atoms with van der Waals surface area (Å²) in [6.07, 6.45) is 0. The van der Waals surface area contributed by atoms with Gasteiger partial charge in [0.15, 0.2) is 0 Å². The van der Waals surface area contributed by atoms with Crippen molar-refractivity contribution in [3.63, 3.8) is 0 Å². The highest BCUT2D eigenvalue weighted by atomic mass is 19.1. The predicted octanol–water partition coefficient (Wildman–Crippen LogP) is 3.66. The number of nitrogens with one attached hydrogen (secondary N) is 1. The molecular formula is C14H10F3NO.